The summed E-state index contributed by atoms with van der Waals surface area (Å²) in [5.74, 6) is -0.314. The van der Waals surface area contributed by atoms with Crippen molar-refractivity contribution in [2.24, 2.45) is 0 Å². The number of piperidine rings is 1. The fourth-order valence-electron chi connectivity index (χ4n) is 2.86. The van der Waals surface area contributed by atoms with Gasteiger partial charge in [-0.1, -0.05) is 30.3 Å². The molecule has 0 aliphatic carbocycles. The molecule has 1 aliphatic heterocycles. The van der Waals surface area contributed by atoms with Crippen molar-refractivity contribution in [1.82, 2.24) is 4.90 Å². The zero-order chi connectivity index (χ0) is 16.4. The van der Waals surface area contributed by atoms with Gasteiger partial charge in [-0.25, -0.2) is 4.39 Å². The summed E-state index contributed by atoms with van der Waals surface area (Å²) in [4.78, 5) is 14.3. The first-order valence-corrected chi connectivity index (χ1v) is 7.83. The topological polar surface area (TPSA) is 40.5 Å². The van der Waals surface area contributed by atoms with Crippen LogP contribution in [0.4, 0.5) is 4.39 Å². The van der Waals surface area contributed by atoms with Crippen molar-refractivity contribution in [3.05, 3.63) is 59.9 Å². The van der Waals surface area contributed by atoms with Crippen LogP contribution in [0.1, 0.15) is 30.1 Å². The fourth-order valence-corrected chi connectivity index (χ4v) is 2.86. The average molecular weight is 313 g/mol. The highest BCUT2D eigenvalue weighted by Gasteiger charge is 2.29. The summed E-state index contributed by atoms with van der Waals surface area (Å²) < 4.78 is 13.8. The molecule has 3 nitrogen and oxygen atoms in total. The lowest BCUT2D eigenvalue weighted by Gasteiger charge is -2.35. The number of aliphatic hydroxyl groups is 1. The van der Waals surface area contributed by atoms with Gasteiger partial charge in [0.05, 0.1) is 5.60 Å². The Labute approximate surface area is 135 Å². The molecule has 0 spiro atoms. The lowest BCUT2D eigenvalue weighted by Crippen LogP contribution is -2.45. The molecule has 4 heteroatoms. The van der Waals surface area contributed by atoms with Crippen LogP contribution in [0.3, 0.4) is 0 Å². The molecule has 1 fully saturated rings. The van der Waals surface area contributed by atoms with Crippen LogP contribution in [-0.2, 0) is 0 Å². The molecule has 1 heterocycles. The van der Waals surface area contributed by atoms with Gasteiger partial charge in [0.15, 0.2) is 0 Å². The van der Waals surface area contributed by atoms with Crippen molar-refractivity contribution < 1.29 is 14.3 Å². The van der Waals surface area contributed by atoms with Crippen molar-refractivity contribution in [2.75, 3.05) is 13.1 Å². The van der Waals surface area contributed by atoms with E-state index in [0.717, 1.165) is 5.56 Å². The average Bonchev–Trinajstić information content (AvgIpc) is 2.55. The van der Waals surface area contributed by atoms with E-state index in [0.29, 0.717) is 37.1 Å². The van der Waals surface area contributed by atoms with E-state index < -0.39 is 5.60 Å². The Hall–Kier alpha value is -2.20. The largest absolute Gasteiger partial charge is 0.390 e. The normalized spacial score (nSPS) is 17.1. The Morgan fingerprint density at radius 3 is 2.30 bits per heavy atom. The van der Waals surface area contributed by atoms with E-state index in [9.17, 15) is 14.3 Å². The number of likely N-dealkylation sites (tertiary alicyclic amines) is 1. The van der Waals surface area contributed by atoms with Gasteiger partial charge in [-0.2, -0.15) is 0 Å². The Balaban J connectivity index is 1.75. The third-order valence-electron chi connectivity index (χ3n) is 4.44. The second kappa shape index (κ2) is 6.13. The van der Waals surface area contributed by atoms with Crippen LogP contribution in [0.2, 0.25) is 0 Å². The molecule has 2 aromatic rings. The molecule has 2 aromatic carbocycles. The molecule has 0 atom stereocenters. The van der Waals surface area contributed by atoms with Crippen LogP contribution in [0.25, 0.3) is 11.1 Å². The summed E-state index contributed by atoms with van der Waals surface area (Å²) in [6, 6.07) is 13.6. The lowest BCUT2D eigenvalue weighted by atomic mass is 9.93. The maximum atomic E-state index is 13.8. The van der Waals surface area contributed by atoms with Crippen LogP contribution in [0.5, 0.6) is 0 Å². The summed E-state index contributed by atoms with van der Waals surface area (Å²) in [7, 11) is 0. The minimum Gasteiger partial charge on any atom is -0.390 e. The molecule has 0 bridgehead atoms. The summed E-state index contributed by atoms with van der Waals surface area (Å²) in [5.41, 5.74) is 1.19. The van der Waals surface area contributed by atoms with Crippen molar-refractivity contribution >= 4 is 5.91 Å². The first kappa shape index (κ1) is 15.7. The van der Waals surface area contributed by atoms with Crippen LogP contribution < -0.4 is 0 Å². The maximum absolute atomic E-state index is 13.8. The summed E-state index contributed by atoms with van der Waals surface area (Å²) in [6.45, 7) is 2.92. The highest BCUT2D eigenvalue weighted by atomic mass is 19.1. The van der Waals surface area contributed by atoms with Crippen molar-refractivity contribution in [2.45, 2.75) is 25.4 Å². The van der Waals surface area contributed by atoms with E-state index in [-0.39, 0.29) is 11.7 Å². The zero-order valence-corrected chi connectivity index (χ0v) is 13.1. The summed E-state index contributed by atoms with van der Waals surface area (Å²) in [6.07, 6.45) is 1.18. The van der Waals surface area contributed by atoms with Gasteiger partial charge >= 0.3 is 0 Å². The van der Waals surface area contributed by atoms with E-state index in [4.69, 9.17) is 0 Å². The maximum Gasteiger partial charge on any atom is 0.253 e. The minimum absolute atomic E-state index is 0.0411. The predicted octanol–water partition coefficient (Wildman–Crippen LogP) is 3.48. The zero-order valence-electron chi connectivity index (χ0n) is 13.1. The predicted molar refractivity (Wildman–Crippen MR) is 87.6 cm³/mol. The Bertz CT molecular complexity index is 700. The first-order chi connectivity index (χ1) is 11.0. The van der Waals surface area contributed by atoms with Gasteiger partial charge in [-0.05, 0) is 43.5 Å². The van der Waals surface area contributed by atoms with E-state index >= 15 is 0 Å². The lowest BCUT2D eigenvalue weighted by molar-refractivity contribution is -0.00202. The SMILES string of the molecule is CC1(O)CCN(C(=O)c2ccc(-c3ccccc3F)cc2)CC1. The number of halogens is 1. The molecular formula is C19H20FNO2. The molecule has 1 N–H and O–H groups in total. The molecule has 23 heavy (non-hydrogen) atoms. The number of rotatable bonds is 2. The monoisotopic (exact) mass is 313 g/mol. The van der Waals surface area contributed by atoms with E-state index in [2.05, 4.69) is 0 Å². The highest BCUT2D eigenvalue weighted by Crippen LogP contribution is 2.25. The third kappa shape index (κ3) is 3.42. The van der Waals surface area contributed by atoms with Gasteiger partial charge in [-0.15, -0.1) is 0 Å². The van der Waals surface area contributed by atoms with Crippen molar-refractivity contribution in [1.29, 1.82) is 0 Å². The molecular weight excluding hydrogens is 293 g/mol. The molecule has 0 aromatic heterocycles. The van der Waals surface area contributed by atoms with Crippen molar-refractivity contribution in [3.63, 3.8) is 0 Å². The fraction of sp³-hybridized carbons (Fsp3) is 0.316. The van der Waals surface area contributed by atoms with Gasteiger partial charge in [0.2, 0.25) is 0 Å². The number of carbonyl (C=O) groups excluding carboxylic acids is 1. The number of carbonyl (C=O) groups is 1. The van der Waals surface area contributed by atoms with Gasteiger partial charge in [-0.3, -0.25) is 4.79 Å². The number of benzene rings is 2. The molecule has 0 saturated carbocycles. The van der Waals surface area contributed by atoms with Crippen LogP contribution in [-0.4, -0.2) is 34.6 Å². The molecule has 1 saturated heterocycles. The third-order valence-corrected chi connectivity index (χ3v) is 4.44. The molecule has 1 aliphatic rings. The first-order valence-electron chi connectivity index (χ1n) is 7.83. The van der Waals surface area contributed by atoms with Gasteiger partial charge in [0, 0.05) is 24.2 Å². The van der Waals surface area contributed by atoms with Crippen LogP contribution >= 0.6 is 0 Å². The van der Waals surface area contributed by atoms with Gasteiger partial charge < -0.3 is 10.0 Å². The highest BCUT2D eigenvalue weighted by molar-refractivity contribution is 5.94. The molecule has 120 valence electrons. The molecule has 0 radical (unpaired) electrons. The minimum atomic E-state index is -0.675. The van der Waals surface area contributed by atoms with Crippen LogP contribution in [0, 0.1) is 5.82 Å². The van der Waals surface area contributed by atoms with E-state index in [1.54, 1.807) is 54.3 Å². The van der Waals surface area contributed by atoms with E-state index in [1.807, 2.05) is 0 Å². The molecule has 0 unspecified atom stereocenters. The second-order valence-corrected chi connectivity index (χ2v) is 6.35. The summed E-state index contributed by atoms with van der Waals surface area (Å²) in [5, 5.41) is 9.96. The number of hydrogen-bond donors (Lipinski definition) is 1. The quantitative estimate of drug-likeness (QED) is 0.922. The smallest absolute Gasteiger partial charge is 0.253 e. The number of amides is 1. The van der Waals surface area contributed by atoms with E-state index in [1.165, 1.54) is 6.07 Å². The number of nitrogens with zero attached hydrogens (tertiary/aromatic N) is 1. The standard InChI is InChI=1S/C19H20FNO2/c1-19(23)10-12-21(13-11-19)18(22)15-8-6-14(7-9-15)16-4-2-3-5-17(16)20/h2-9,23H,10-13H2,1H3. The molecule has 1 amide bonds. The summed E-state index contributed by atoms with van der Waals surface area (Å²) >= 11 is 0. The van der Waals surface area contributed by atoms with Gasteiger partial charge in [0.1, 0.15) is 5.82 Å². The second-order valence-electron chi connectivity index (χ2n) is 6.35. The Kier molecular flexibility index (Phi) is 4.18. The molecule has 3 rings (SSSR count). The Morgan fingerprint density at radius 2 is 1.70 bits per heavy atom. The van der Waals surface area contributed by atoms with Crippen LogP contribution in [0.15, 0.2) is 48.5 Å². The Morgan fingerprint density at radius 1 is 1.09 bits per heavy atom. The van der Waals surface area contributed by atoms with Crippen molar-refractivity contribution in [3.8, 4) is 11.1 Å². The van der Waals surface area contributed by atoms with Gasteiger partial charge in [0.25, 0.3) is 5.91 Å². The number of hydrogen-bond acceptors (Lipinski definition) is 2.